The molecule has 0 saturated carbocycles. The summed E-state index contributed by atoms with van der Waals surface area (Å²) in [6.45, 7) is 3.18. The largest absolute Gasteiger partial charge is 0.494 e. The highest BCUT2D eigenvalue weighted by Gasteiger charge is 2.16. The Kier molecular flexibility index (Phi) is 7.46. The molecule has 4 rings (SSSR count). The monoisotopic (exact) mass is 532 g/mol. The van der Waals surface area contributed by atoms with Gasteiger partial charge >= 0.3 is 0 Å². The summed E-state index contributed by atoms with van der Waals surface area (Å²) in [7, 11) is 2.78. The van der Waals surface area contributed by atoms with Gasteiger partial charge < -0.3 is 10.2 Å². The van der Waals surface area contributed by atoms with Gasteiger partial charge in [-0.2, -0.15) is 10.5 Å². The normalized spacial score (nSPS) is 11.2. The van der Waals surface area contributed by atoms with E-state index in [4.69, 9.17) is 0 Å². The van der Waals surface area contributed by atoms with E-state index in [0.29, 0.717) is 33.6 Å². The van der Waals surface area contributed by atoms with Crippen molar-refractivity contribution < 1.29 is 10.2 Å². The van der Waals surface area contributed by atoms with Gasteiger partial charge in [-0.05, 0) is 60.4 Å². The number of benzene rings is 2. The molecule has 2 N–H and O–H groups in total. The van der Waals surface area contributed by atoms with Crippen molar-refractivity contribution >= 4 is 23.8 Å². The summed E-state index contributed by atoms with van der Waals surface area (Å²) in [6, 6.07) is 18.5. The van der Waals surface area contributed by atoms with Gasteiger partial charge in [0.2, 0.25) is 11.8 Å². The van der Waals surface area contributed by atoms with Gasteiger partial charge in [0.05, 0.1) is 22.5 Å². The lowest BCUT2D eigenvalue weighted by Crippen LogP contribution is -2.22. The molecule has 0 unspecified atom stereocenters. The van der Waals surface area contributed by atoms with Crippen molar-refractivity contribution in [2.45, 2.75) is 13.8 Å². The zero-order chi connectivity index (χ0) is 29.1. The number of nitriles is 2. The highest BCUT2D eigenvalue weighted by molar-refractivity contribution is 5.88. The van der Waals surface area contributed by atoms with Crippen molar-refractivity contribution in [1.29, 1.82) is 10.5 Å². The summed E-state index contributed by atoms with van der Waals surface area (Å²) in [4.78, 5) is 33.1. The van der Waals surface area contributed by atoms with Crippen LogP contribution in [0.1, 0.15) is 33.4 Å². The third kappa shape index (κ3) is 4.89. The maximum absolute atomic E-state index is 12.1. The van der Waals surface area contributed by atoms with E-state index in [9.17, 15) is 30.3 Å². The molecule has 10 heteroatoms. The number of nitrogens with zero attached hydrogens (tertiary/aromatic N) is 6. The molecular formula is C30H24N6O4. The number of hydrogen-bond donors (Lipinski definition) is 2. The van der Waals surface area contributed by atoms with Crippen LogP contribution in [0.25, 0.3) is 11.1 Å². The second-order valence-corrected chi connectivity index (χ2v) is 9.04. The first kappa shape index (κ1) is 27.3. The molecule has 0 aliphatic heterocycles. The quantitative estimate of drug-likeness (QED) is 0.370. The SMILES string of the molecule is Cc1c(C=Nc2ccc(-c3ccc(N=Cc4c(C)c(C#N)c(=O)n(C)c4O)cc3)cc2)c(O)n(C)c(=O)c1C#N. The van der Waals surface area contributed by atoms with Crippen LogP contribution in [0, 0.1) is 36.5 Å². The smallest absolute Gasteiger partial charge is 0.271 e. The van der Waals surface area contributed by atoms with Crippen LogP contribution in [0.5, 0.6) is 11.8 Å². The van der Waals surface area contributed by atoms with E-state index in [1.165, 1.54) is 26.5 Å². The Balaban J connectivity index is 1.55. The lowest BCUT2D eigenvalue weighted by atomic mass is 10.0. The first-order chi connectivity index (χ1) is 19.1. The minimum absolute atomic E-state index is 0.0434. The fourth-order valence-electron chi connectivity index (χ4n) is 4.15. The lowest BCUT2D eigenvalue weighted by molar-refractivity contribution is 0.421. The molecule has 0 amide bonds. The van der Waals surface area contributed by atoms with Crippen LogP contribution in [0.3, 0.4) is 0 Å². The predicted molar refractivity (Wildman–Crippen MR) is 152 cm³/mol. The minimum Gasteiger partial charge on any atom is -0.494 e. The standard InChI is InChI=1S/C30H24N6O4/c1-17-23(13-31)27(37)35(3)29(39)25(17)15-33-21-9-5-19(6-10-21)20-7-11-22(12-8-20)34-16-26-18(2)24(14-32)28(38)36(4)30(26)40/h5-12,15-16,39-40H,1-4H3. The van der Waals surface area contributed by atoms with Crippen molar-refractivity contribution in [2.75, 3.05) is 0 Å². The number of pyridine rings is 2. The zero-order valence-corrected chi connectivity index (χ0v) is 22.2. The predicted octanol–water partition coefficient (Wildman–Crippen LogP) is 4.02. The van der Waals surface area contributed by atoms with Gasteiger partial charge in [-0.15, -0.1) is 0 Å². The van der Waals surface area contributed by atoms with Crippen molar-refractivity contribution in [3.63, 3.8) is 0 Å². The molecule has 198 valence electrons. The molecule has 0 atom stereocenters. The fraction of sp³-hybridized carbons (Fsp3) is 0.133. The Hall–Kier alpha value is -5.74. The van der Waals surface area contributed by atoms with Gasteiger partial charge in [-0.1, -0.05) is 24.3 Å². The van der Waals surface area contributed by atoms with E-state index in [0.717, 1.165) is 20.3 Å². The van der Waals surface area contributed by atoms with E-state index >= 15 is 0 Å². The molecule has 0 bridgehead atoms. The maximum atomic E-state index is 12.1. The molecular weight excluding hydrogens is 508 g/mol. The molecule has 0 saturated heterocycles. The van der Waals surface area contributed by atoms with Gasteiger partial charge in [0, 0.05) is 26.5 Å². The summed E-state index contributed by atoms with van der Waals surface area (Å²) in [5, 5.41) is 39.3. The molecule has 0 spiro atoms. The van der Waals surface area contributed by atoms with E-state index in [1.54, 1.807) is 38.1 Å². The molecule has 40 heavy (non-hydrogen) atoms. The van der Waals surface area contributed by atoms with Gasteiger partial charge in [0.15, 0.2) is 0 Å². The third-order valence-corrected chi connectivity index (χ3v) is 6.69. The van der Waals surface area contributed by atoms with Crippen LogP contribution >= 0.6 is 0 Å². The summed E-state index contributed by atoms with van der Waals surface area (Å²) in [5.74, 6) is -0.534. The Morgan fingerprint density at radius 2 is 1.00 bits per heavy atom. The van der Waals surface area contributed by atoms with Crippen LogP contribution in [-0.4, -0.2) is 31.8 Å². The van der Waals surface area contributed by atoms with Gasteiger partial charge in [-0.25, -0.2) is 0 Å². The summed E-state index contributed by atoms with van der Waals surface area (Å²) >= 11 is 0. The topological polar surface area (TPSA) is 157 Å². The van der Waals surface area contributed by atoms with E-state index in [2.05, 4.69) is 9.98 Å². The van der Waals surface area contributed by atoms with Gasteiger partial charge in [0.25, 0.3) is 11.1 Å². The number of aromatic hydroxyl groups is 2. The highest BCUT2D eigenvalue weighted by Crippen LogP contribution is 2.26. The van der Waals surface area contributed by atoms with Crippen molar-refractivity contribution in [3.8, 4) is 35.0 Å². The molecule has 10 nitrogen and oxygen atoms in total. The molecule has 0 radical (unpaired) electrons. The molecule has 0 aliphatic rings. The number of hydrogen-bond acceptors (Lipinski definition) is 8. The summed E-state index contributed by atoms with van der Waals surface area (Å²) in [6.07, 6.45) is 2.85. The highest BCUT2D eigenvalue weighted by atomic mass is 16.3. The number of rotatable bonds is 5. The second kappa shape index (κ2) is 10.9. The Morgan fingerprint density at radius 3 is 1.30 bits per heavy atom. The van der Waals surface area contributed by atoms with Crippen LogP contribution < -0.4 is 11.1 Å². The van der Waals surface area contributed by atoms with Gasteiger partial charge in [0.1, 0.15) is 23.3 Å². The summed E-state index contributed by atoms with van der Waals surface area (Å²) < 4.78 is 2.03. The molecule has 4 aromatic rings. The number of aromatic nitrogens is 2. The first-order valence-electron chi connectivity index (χ1n) is 12.0. The number of aliphatic imine (C=N–C) groups is 2. The molecule has 2 aromatic carbocycles. The van der Waals surface area contributed by atoms with Crippen LogP contribution in [0.4, 0.5) is 11.4 Å². The minimum atomic E-state index is -0.566. The van der Waals surface area contributed by atoms with Gasteiger partial charge in [-0.3, -0.25) is 28.7 Å². The third-order valence-electron chi connectivity index (χ3n) is 6.69. The van der Waals surface area contributed by atoms with Crippen molar-refractivity contribution in [1.82, 2.24) is 9.13 Å². The molecule has 0 aliphatic carbocycles. The van der Waals surface area contributed by atoms with Crippen LogP contribution in [0.15, 0.2) is 68.1 Å². The average Bonchev–Trinajstić information content (AvgIpc) is 2.96. The molecule has 0 fully saturated rings. The Bertz CT molecular complexity index is 1760. The lowest BCUT2D eigenvalue weighted by Gasteiger charge is -2.10. The average molecular weight is 533 g/mol. The van der Waals surface area contributed by atoms with E-state index in [1.807, 2.05) is 36.4 Å². The fourth-order valence-corrected chi connectivity index (χ4v) is 4.15. The van der Waals surface area contributed by atoms with Crippen LogP contribution in [-0.2, 0) is 14.1 Å². The molecule has 2 aromatic heterocycles. The Morgan fingerprint density at radius 1 is 0.675 bits per heavy atom. The Labute approximate surface area is 229 Å². The van der Waals surface area contributed by atoms with Crippen molar-refractivity contribution in [3.05, 3.63) is 103 Å². The van der Waals surface area contributed by atoms with Crippen molar-refractivity contribution in [2.24, 2.45) is 24.1 Å². The summed E-state index contributed by atoms with van der Waals surface area (Å²) in [5.41, 5.74) is 3.16. The first-order valence-corrected chi connectivity index (χ1v) is 12.0. The van der Waals surface area contributed by atoms with E-state index in [-0.39, 0.29) is 22.9 Å². The molecule has 2 heterocycles. The zero-order valence-electron chi connectivity index (χ0n) is 22.2. The van der Waals surface area contributed by atoms with E-state index < -0.39 is 11.1 Å². The second-order valence-electron chi connectivity index (χ2n) is 9.04. The van der Waals surface area contributed by atoms with Crippen LogP contribution in [0.2, 0.25) is 0 Å². The maximum Gasteiger partial charge on any atom is 0.271 e.